The van der Waals surface area contributed by atoms with E-state index in [2.05, 4.69) is 20.7 Å². The van der Waals surface area contributed by atoms with Crippen molar-refractivity contribution >= 4 is 29.1 Å². The molecule has 0 bridgehead atoms. The summed E-state index contributed by atoms with van der Waals surface area (Å²) in [6.45, 7) is 1.75. The summed E-state index contributed by atoms with van der Waals surface area (Å²) in [7, 11) is 2.95. The molecule has 8 nitrogen and oxygen atoms in total. The van der Waals surface area contributed by atoms with Crippen molar-refractivity contribution in [3.63, 3.8) is 0 Å². The Labute approximate surface area is 182 Å². The van der Waals surface area contributed by atoms with Crippen LogP contribution in [0, 0.1) is 5.82 Å². The van der Waals surface area contributed by atoms with E-state index in [4.69, 9.17) is 21.1 Å². The highest BCUT2D eigenvalue weighted by Crippen LogP contribution is 2.38. The van der Waals surface area contributed by atoms with Gasteiger partial charge in [-0.15, -0.1) is 0 Å². The SMILES string of the molecule is COc1cc(NC(=O)C2=C(C)Nc3ncnn3[C@@H]2c2cccc(F)c2)c(OC)cc1Cl. The predicted octanol–water partition coefficient (Wildman–Crippen LogP) is 4.02. The fraction of sp³-hybridized carbons (Fsp3) is 0.190. The summed E-state index contributed by atoms with van der Waals surface area (Å²) in [5.74, 6) is 0.353. The summed E-state index contributed by atoms with van der Waals surface area (Å²) in [4.78, 5) is 17.6. The molecule has 1 aliphatic rings. The summed E-state index contributed by atoms with van der Waals surface area (Å²) >= 11 is 6.16. The largest absolute Gasteiger partial charge is 0.495 e. The Hall–Kier alpha value is -3.59. The van der Waals surface area contributed by atoms with Gasteiger partial charge in [-0.05, 0) is 24.6 Å². The number of allylic oxidation sites excluding steroid dienone is 1. The van der Waals surface area contributed by atoms with Crippen LogP contribution in [0.4, 0.5) is 16.0 Å². The van der Waals surface area contributed by atoms with Gasteiger partial charge in [-0.25, -0.2) is 9.07 Å². The zero-order chi connectivity index (χ0) is 22.1. The number of halogens is 2. The maximum atomic E-state index is 14.0. The number of hydrogen-bond donors (Lipinski definition) is 2. The first kappa shape index (κ1) is 20.7. The van der Waals surface area contributed by atoms with E-state index in [0.717, 1.165) is 0 Å². The van der Waals surface area contributed by atoms with Crippen LogP contribution in [0.15, 0.2) is 54.0 Å². The third-order valence-electron chi connectivity index (χ3n) is 4.93. The van der Waals surface area contributed by atoms with Crippen LogP contribution in [-0.2, 0) is 4.79 Å². The molecule has 31 heavy (non-hydrogen) atoms. The van der Waals surface area contributed by atoms with Crippen LogP contribution in [0.3, 0.4) is 0 Å². The minimum absolute atomic E-state index is 0.344. The van der Waals surface area contributed by atoms with Crippen LogP contribution in [0.2, 0.25) is 5.02 Å². The lowest BCUT2D eigenvalue weighted by atomic mass is 9.95. The Bertz CT molecular complexity index is 1190. The highest BCUT2D eigenvalue weighted by Gasteiger charge is 2.34. The highest BCUT2D eigenvalue weighted by atomic mass is 35.5. The van der Waals surface area contributed by atoms with Crippen LogP contribution in [-0.4, -0.2) is 34.9 Å². The summed E-state index contributed by atoms with van der Waals surface area (Å²) in [5, 5.41) is 10.5. The van der Waals surface area contributed by atoms with Gasteiger partial charge >= 0.3 is 0 Å². The van der Waals surface area contributed by atoms with E-state index in [0.29, 0.717) is 45.0 Å². The molecule has 2 aromatic carbocycles. The number of carbonyl (C=O) groups is 1. The molecule has 0 fully saturated rings. The molecule has 2 N–H and O–H groups in total. The number of carbonyl (C=O) groups excluding carboxylic acids is 1. The molecule has 2 heterocycles. The number of hydrogen-bond acceptors (Lipinski definition) is 6. The van der Waals surface area contributed by atoms with Crippen molar-refractivity contribution < 1.29 is 18.7 Å². The first-order valence-corrected chi connectivity index (χ1v) is 9.66. The number of ether oxygens (including phenoxy) is 2. The number of rotatable bonds is 5. The minimum atomic E-state index is -0.686. The van der Waals surface area contributed by atoms with Crippen molar-refractivity contribution in [2.24, 2.45) is 0 Å². The number of methoxy groups -OCH3 is 2. The molecule has 1 aliphatic heterocycles. The quantitative estimate of drug-likeness (QED) is 0.619. The molecule has 10 heteroatoms. The van der Waals surface area contributed by atoms with Gasteiger partial charge in [0.15, 0.2) is 0 Å². The van der Waals surface area contributed by atoms with E-state index in [9.17, 15) is 9.18 Å². The molecule has 0 unspecified atom stereocenters. The van der Waals surface area contributed by atoms with Crippen molar-refractivity contribution in [3.8, 4) is 11.5 Å². The number of aromatic nitrogens is 3. The van der Waals surface area contributed by atoms with Gasteiger partial charge in [-0.1, -0.05) is 23.7 Å². The standard InChI is InChI=1S/C21H19ClFN5O3/c1-11-18(20(29)27-15-9-16(30-2)14(22)8-17(15)31-3)19(12-5-4-6-13(23)7-12)28-21(26-11)24-10-25-28/h4-10,19H,1-3H3,(H,27,29)(H,24,25,26)/t19-/m1/s1. The summed E-state index contributed by atoms with van der Waals surface area (Å²) in [6, 6.07) is 8.47. The Kier molecular flexibility index (Phi) is 5.51. The van der Waals surface area contributed by atoms with Gasteiger partial charge in [-0.2, -0.15) is 10.1 Å². The van der Waals surface area contributed by atoms with Gasteiger partial charge in [0.1, 0.15) is 29.7 Å². The fourth-order valence-corrected chi connectivity index (χ4v) is 3.75. The molecule has 0 aliphatic carbocycles. The second-order valence-electron chi connectivity index (χ2n) is 6.79. The molecule has 4 rings (SSSR count). The lowest BCUT2D eigenvalue weighted by Crippen LogP contribution is -2.31. The lowest BCUT2D eigenvalue weighted by Gasteiger charge is -2.29. The van der Waals surface area contributed by atoms with Gasteiger partial charge in [0.05, 0.1) is 30.5 Å². The number of nitrogens with zero attached hydrogens (tertiary/aromatic N) is 3. The molecule has 1 aromatic heterocycles. The average molecular weight is 444 g/mol. The topological polar surface area (TPSA) is 90.3 Å². The highest BCUT2D eigenvalue weighted by molar-refractivity contribution is 6.32. The summed E-state index contributed by atoms with van der Waals surface area (Å²) < 4.78 is 26.1. The molecule has 1 amide bonds. The van der Waals surface area contributed by atoms with Crippen LogP contribution in [0.1, 0.15) is 18.5 Å². The Morgan fingerprint density at radius 3 is 2.71 bits per heavy atom. The molecule has 3 aromatic rings. The van der Waals surface area contributed by atoms with Crippen molar-refractivity contribution in [1.29, 1.82) is 0 Å². The second-order valence-corrected chi connectivity index (χ2v) is 7.20. The first-order chi connectivity index (χ1) is 14.9. The van der Waals surface area contributed by atoms with Gasteiger partial charge < -0.3 is 20.1 Å². The molecular weight excluding hydrogens is 425 g/mol. The van der Waals surface area contributed by atoms with E-state index in [1.54, 1.807) is 31.2 Å². The normalized spacial score (nSPS) is 15.2. The van der Waals surface area contributed by atoms with Crippen LogP contribution in [0.25, 0.3) is 0 Å². The molecule has 0 saturated heterocycles. The van der Waals surface area contributed by atoms with Gasteiger partial charge in [0.25, 0.3) is 5.91 Å². The second kappa shape index (κ2) is 8.27. The minimum Gasteiger partial charge on any atom is -0.495 e. The number of benzene rings is 2. The van der Waals surface area contributed by atoms with E-state index >= 15 is 0 Å². The van der Waals surface area contributed by atoms with Gasteiger partial charge in [0, 0.05) is 17.8 Å². The van der Waals surface area contributed by atoms with E-state index < -0.39 is 17.8 Å². The predicted molar refractivity (Wildman–Crippen MR) is 114 cm³/mol. The molecule has 0 radical (unpaired) electrons. The van der Waals surface area contributed by atoms with Crippen molar-refractivity contribution in [3.05, 3.63) is 70.4 Å². The molecule has 0 spiro atoms. The average Bonchev–Trinajstić information content (AvgIpc) is 3.21. The smallest absolute Gasteiger partial charge is 0.255 e. The van der Waals surface area contributed by atoms with E-state index in [-0.39, 0.29) is 0 Å². The van der Waals surface area contributed by atoms with E-state index in [1.165, 1.54) is 37.4 Å². The summed E-state index contributed by atoms with van der Waals surface area (Å²) in [6.07, 6.45) is 1.37. The molecular formula is C21H19ClFN5O3. The van der Waals surface area contributed by atoms with Crippen molar-refractivity contribution in [1.82, 2.24) is 14.8 Å². The van der Waals surface area contributed by atoms with Crippen LogP contribution >= 0.6 is 11.6 Å². The first-order valence-electron chi connectivity index (χ1n) is 9.28. The van der Waals surface area contributed by atoms with Gasteiger partial charge in [-0.3, -0.25) is 4.79 Å². The molecule has 0 saturated carbocycles. The zero-order valence-corrected chi connectivity index (χ0v) is 17.7. The molecule has 1 atom stereocenters. The number of fused-ring (bicyclic) bond motifs is 1. The number of anilines is 2. The Balaban J connectivity index is 1.77. The van der Waals surface area contributed by atoms with Crippen molar-refractivity contribution in [2.75, 3.05) is 24.9 Å². The Morgan fingerprint density at radius 1 is 1.23 bits per heavy atom. The lowest BCUT2D eigenvalue weighted by molar-refractivity contribution is -0.113. The maximum Gasteiger partial charge on any atom is 0.255 e. The molecule has 160 valence electrons. The maximum absolute atomic E-state index is 14.0. The number of nitrogens with one attached hydrogen (secondary N) is 2. The Morgan fingerprint density at radius 2 is 2.00 bits per heavy atom. The van der Waals surface area contributed by atoms with Gasteiger partial charge in [0.2, 0.25) is 5.95 Å². The van der Waals surface area contributed by atoms with E-state index in [1.807, 2.05) is 0 Å². The van der Waals surface area contributed by atoms with Crippen LogP contribution in [0.5, 0.6) is 11.5 Å². The summed E-state index contributed by atoms with van der Waals surface area (Å²) in [5.41, 5.74) is 1.83. The fourth-order valence-electron chi connectivity index (χ4n) is 3.52. The van der Waals surface area contributed by atoms with Crippen molar-refractivity contribution in [2.45, 2.75) is 13.0 Å². The third kappa shape index (κ3) is 3.79. The monoisotopic (exact) mass is 443 g/mol. The number of amides is 1. The third-order valence-corrected chi connectivity index (χ3v) is 5.22. The van der Waals surface area contributed by atoms with Crippen LogP contribution < -0.4 is 20.1 Å². The zero-order valence-electron chi connectivity index (χ0n) is 16.9.